The fraction of sp³-hybridized carbons (Fsp3) is 0.500. The van der Waals surface area contributed by atoms with E-state index in [-0.39, 0.29) is 6.04 Å². The third-order valence-corrected chi connectivity index (χ3v) is 4.93. The molecule has 2 atom stereocenters. The zero-order valence-corrected chi connectivity index (χ0v) is 13.1. The number of rotatable bonds is 4. The molecule has 0 fully saturated rings. The highest BCUT2D eigenvalue weighted by atomic mass is 32.2. The van der Waals surface area contributed by atoms with Crippen LogP contribution in [0.2, 0.25) is 0 Å². The van der Waals surface area contributed by atoms with Gasteiger partial charge in [0.05, 0.1) is 6.04 Å². The maximum absolute atomic E-state index is 11.9. The Morgan fingerprint density at radius 1 is 1.19 bits per heavy atom. The van der Waals surface area contributed by atoms with Gasteiger partial charge in [0.15, 0.2) is 21.3 Å². The highest BCUT2D eigenvalue weighted by Crippen LogP contribution is 2.32. The number of carbonyl (C=O) groups excluding carboxylic acids is 1. The molecule has 0 aromatic heterocycles. The van der Waals surface area contributed by atoms with E-state index < -0.39 is 21.0 Å². The monoisotopic (exact) mass is 313 g/mol. The molecule has 1 aliphatic heterocycles. The number of ether oxygens (including phenoxy) is 2. The normalized spacial score (nSPS) is 16.9. The molecule has 1 aromatic rings. The fourth-order valence-electron chi connectivity index (χ4n) is 1.94. The molecule has 1 N–H and O–H groups in total. The first-order valence-electron chi connectivity index (χ1n) is 6.68. The molecule has 7 heteroatoms. The first kappa shape index (κ1) is 15.6. The summed E-state index contributed by atoms with van der Waals surface area (Å²) in [5.74, 6) is 0.795. The number of benzene rings is 1. The van der Waals surface area contributed by atoms with E-state index in [0.29, 0.717) is 24.7 Å². The zero-order valence-electron chi connectivity index (χ0n) is 12.3. The topological polar surface area (TPSA) is 81.7 Å². The van der Waals surface area contributed by atoms with Crippen LogP contribution in [-0.2, 0) is 14.6 Å². The van der Waals surface area contributed by atoms with Crippen LogP contribution in [0.25, 0.3) is 0 Å². The number of fused-ring (bicyclic) bond motifs is 1. The summed E-state index contributed by atoms with van der Waals surface area (Å²) >= 11 is 0. The van der Waals surface area contributed by atoms with Gasteiger partial charge in [0, 0.05) is 6.26 Å². The summed E-state index contributed by atoms with van der Waals surface area (Å²) in [6.07, 6.45) is 1.05. The number of carbonyl (C=O) groups is 1. The fourth-order valence-corrected chi connectivity index (χ4v) is 2.39. The molecular weight excluding hydrogens is 294 g/mol. The zero-order chi connectivity index (χ0) is 15.6. The Kier molecular flexibility index (Phi) is 4.41. The van der Waals surface area contributed by atoms with Crippen molar-refractivity contribution in [1.29, 1.82) is 0 Å². The first-order chi connectivity index (χ1) is 9.79. The average molecular weight is 313 g/mol. The van der Waals surface area contributed by atoms with E-state index in [9.17, 15) is 13.2 Å². The van der Waals surface area contributed by atoms with Crippen molar-refractivity contribution in [3.05, 3.63) is 23.8 Å². The summed E-state index contributed by atoms with van der Waals surface area (Å²) in [5, 5.41) is 1.62. The van der Waals surface area contributed by atoms with Crippen LogP contribution in [0.4, 0.5) is 0 Å². The molecule has 6 nitrogen and oxygen atoms in total. The smallest absolute Gasteiger partial charge is 0.238 e. The second kappa shape index (κ2) is 5.93. The van der Waals surface area contributed by atoms with E-state index in [0.717, 1.165) is 11.8 Å². The lowest BCUT2D eigenvalue weighted by Gasteiger charge is -2.21. The molecule has 0 spiro atoms. The second-order valence-corrected chi connectivity index (χ2v) is 7.47. The minimum Gasteiger partial charge on any atom is -0.486 e. The molecule has 1 amide bonds. The van der Waals surface area contributed by atoms with Gasteiger partial charge in [-0.05, 0) is 31.5 Å². The molecule has 0 saturated heterocycles. The molecule has 0 aliphatic carbocycles. The van der Waals surface area contributed by atoms with Gasteiger partial charge < -0.3 is 14.8 Å². The van der Waals surface area contributed by atoms with Crippen LogP contribution in [0.1, 0.15) is 25.5 Å². The summed E-state index contributed by atoms with van der Waals surface area (Å²) in [6.45, 7) is 4.17. The number of sulfone groups is 1. The van der Waals surface area contributed by atoms with Gasteiger partial charge in [0.2, 0.25) is 5.91 Å². The summed E-state index contributed by atoms with van der Waals surface area (Å²) in [5.41, 5.74) is 0.827. The van der Waals surface area contributed by atoms with Crippen LogP contribution in [-0.4, -0.2) is 39.0 Å². The Bertz CT molecular complexity index is 641. The molecule has 0 unspecified atom stereocenters. The first-order valence-corrected chi connectivity index (χ1v) is 8.63. The highest BCUT2D eigenvalue weighted by Gasteiger charge is 2.25. The molecule has 116 valence electrons. The lowest BCUT2D eigenvalue weighted by atomic mass is 10.1. The van der Waals surface area contributed by atoms with E-state index in [1.54, 1.807) is 19.1 Å². The van der Waals surface area contributed by atoms with Gasteiger partial charge in [-0.15, -0.1) is 0 Å². The maximum atomic E-state index is 11.9. The van der Waals surface area contributed by atoms with E-state index in [1.807, 2.05) is 6.07 Å². The van der Waals surface area contributed by atoms with E-state index >= 15 is 0 Å². The van der Waals surface area contributed by atoms with Crippen molar-refractivity contribution in [3.8, 4) is 11.5 Å². The van der Waals surface area contributed by atoms with E-state index in [1.165, 1.54) is 6.92 Å². The molecule has 1 heterocycles. The standard InChI is InChI=1S/C14H19NO5S/c1-9(15-14(16)10(2)21(3,17)18)11-4-5-12-13(8-11)20-7-6-19-12/h4-5,8-10H,6-7H2,1-3H3,(H,15,16)/t9-,10+/m1/s1. The van der Waals surface area contributed by atoms with Crippen LogP contribution in [0.15, 0.2) is 18.2 Å². The minimum atomic E-state index is -3.40. The van der Waals surface area contributed by atoms with Gasteiger partial charge in [0.1, 0.15) is 18.5 Å². The molecule has 0 radical (unpaired) electrons. The van der Waals surface area contributed by atoms with Crippen molar-refractivity contribution in [2.45, 2.75) is 25.1 Å². The van der Waals surface area contributed by atoms with Crippen LogP contribution in [0.3, 0.4) is 0 Å². The Hall–Kier alpha value is -1.76. The highest BCUT2D eigenvalue weighted by molar-refractivity contribution is 7.92. The minimum absolute atomic E-state index is 0.322. The van der Waals surface area contributed by atoms with Crippen LogP contribution in [0, 0.1) is 0 Å². The summed E-state index contributed by atoms with van der Waals surface area (Å²) in [6, 6.07) is 5.08. The van der Waals surface area contributed by atoms with Gasteiger partial charge in [-0.25, -0.2) is 8.42 Å². The Balaban J connectivity index is 2.10. The Morgan fingerprint density at radius 3 is 2.43 bits per heavy atom. The number of nitrogens with one attached hydrogen (secondary N) is 1. The molecule has 0 saturated carbocycles. The third kappa shape index (κ3) is 3.66. The lowest BCUT2D eigenvalue weighted by Crippen LogP contribution is -2.38. The average Bonchev–Trinajstić information content (AvgIpc) is 2.44. The largest absolute Gasteiger partial charge is 0.486 e. The molecule has 2 rings (SSSR count). The predicted molar refractivity (Wildman–Crippen MR) is 78.3 cm³/mol. The van der Waals surface area contributed by atoms with Crippen molar-refractivity contribution in [2.75, 3.05) is 19.5 Å². The third-order valence-electron chi connectivity index (χ3n) is 3.44. The Morgan fingerprint density at radius 2 is 1.81 bits per heavy atom. The lowest BCUT2D eigenvalue weighted by molar-refractivity contribution is -0.121. The molecule has 0 bridgehead atoms. The quantitative estimate of drug-likeness (QED) is 0.899. The number of hydrogen-bond acceptors (Lipinski definition) is 5. The van der Waals surface area contributed by atoms with Crippen molar-refractivity contribution >= 4 is 15.7 Å². The summed E-state index contributed by atoms with van der Waals surface area (Å²) < 4.78 is 33.7. The van der Waals surface area contributed by atoms with Crippen LogP contribution < -0.4 is 14.8 Å². The van der Waals surface area contributed by atoms with Gasteiger partial charge in [-0.3, -0.25) is 4.79 Å². The van der Waals surface area contributed by atoms with Gasteiger partial charge in [-0.2, -0.15) is 0 Å². The molecule has 21 heavy (non-hydrogen) atoms. The van der Waals surface area contributed by atoms with Gasteiger partial charge in [0.25, 0.3) is 0 Å². The van der Waals surface area contributed by atoms with Crippen molar-refractivity contribution in [1.82, 2.24) is 5.32 Å². The summed E-state index contributed by atoms with van der Waals surface area (Å²) in [4.78, 5) is 11.9. The van der Waals surface area contributed by atoms with Crippen LogP contribution >= 0.6 is 0 Å². The Labute approximate surface area is 124 Å². The predicted octanol–water partition coefficient (Wildman–Crippen LogP) is 1.07. The summed E-state index contributed by atoms with van der Waals surface area (Å²) in [7, 11) is -3.40. The SMILES string of the molecule is C[C@@H](NC(=O)[C@H](C)S(C)(=O)=O)c1ccc2c(c1)OCCO2. The van der Waals surface area contributed by atoms with Crippen molar-refractivity contribution < 1.29 is 22.7 Å². The molecule has 1 aromatic carbocycles. The van der Waals surface area contributed by atoms with E-state index in [4.69, 9.17) is 9.47 Å². The van der Waals surface area contributed by atoms with Crippen LogP contribution in [0.5, 0.6) is 11.5 Å². The molecule has 1 aliphatic rings. The van der Waals surface area contributed by atoms with E-state index in [2.05, 4.69) is 5.32 Å². The molecular formula is C14H19NO5S. The number of hydrogen-bond donors (Lipinski definition) is 1. The second-order valence-electron chi connectivity index (χ2n) is 5.11. The van der Waals surface area contributed by atoms with Gasteiger partial charge in [-0.1, -0.05) is 6.07 Å². The number of amides is 1. The van der Waals surface area contributed by atoms with Crippen molar-refractivity contribution in [3.63, 3.8) is 0 Å². The maximum Gasteiger partial charge on any atom is 0.238 e. The van der Waals surface area contributed by atoms with Crippen molar-refractivity contribution in [2.24, 2.45) is 0 Å². The van der Waals surface area contributed by atoms with Gasteiger partial charge >= 0.3 is 0 Å².